The van der Waals surface area contributed by atoms with E-state index in [4.69, 9.17) is 8.92 Å². The number of hydrogen-bond donors (Lipinski definition) is 1. The van der Waals surface area contributed by atoms with Gasteiger partial charge in [-0.2, -0.15) is 8.42 Å². The molecule has 1 saturated heterocycles. The molecule has 0 radical (unpaired) electrons. The Labute approximate surface area is 240 Å². The van der Waals surface area contributed by atoms with Gasteiger partial charge in [0.25, 0.3) is 0 Å². The van der Waals surface area contributed by atoms with Crippen LogP contribution in [0.4, 0.5) is 4.79 Å². The van der Waals surface area contributed by atoms with Crippen LogP contribution in [0.25, 0.3) is 0 Å². The topological polar surface area (TPSA) is 122 Å². The Morgan fingerprint density at radius 2 is 1.39 bits per heavy atom. The van der Waals surface area contributed by atoms with Gasteiger partial charge < -0.3 is 24.0 Å². The van der Waals surface area contributed by atoms with Gasteiger partial charge >= 0.3 is 16.2 Å². The number of hydrogen-bond acceptors (Lipinski definition) is 7. The lowest BCUT2D eigenvalue weighted by Gasteiger charge is -2.36. The Morgan fingerprint density at radius 1 is 0.805 bits per heavy atom. The van der Waals surface area contributed by atoms with Crippen LogP contribution in [-0.4, -0.2) is 68.3 Å². The quantitative estimate of drug-likeness (QED) is 0.366. The van der Waals surface area contributed by atoms with E-state index in [0.29, 0.717) is 38.2 Å². The summed E-state index contributed by atoms with van der Waals surface area (Å²) in [6, 6.07) is 22.4. The van der Waals surface area contributed by atoms with Crippen molar-refractivity contribution in [3.63, 3.8) is 0 Å². The summed E-state index contributed by atoms with van der Waals surface area (Å²) in [4.78, 5) is 41.6. The maximum atomic E-state index is 13.5. The molecule has 41 heavy (non-hydrogen) atoms. The highest BCUT2D eigenvalue weighted by Crippen LogP contribution is 2.20. The largest absolute Gasteiger partial charge is 0.445 e. The highest BCUT2D eigenvalue weighted by molar-refractivity contribution is 7.87. The smallest absolute Gasteiger partial charge is 0.408 e. The normalized spacial score (nSPS) is 14.2. The van der Waals surface area contributed by atoms with E-state index in [-0.39, 0.29) is 35.5 Å². The summed E-state index contributed by atoms with van der Waals surface area (Å²) in [5.74, 6) is -0.141. The molecule has 1 aliphatic heterocycles. The lowest BCUT2D eigenvalue weighted by molar-refractivity contribution is -0.140. The zero-order valence-corrected chi connectivity index (χ0v) is 23.6. The molecule has 3 aromatic rings. The van der Waals surface area contributed by atoms with Gasteiger partial charge in [0.1, 0.15) is 23.3 Å². The summed E-state index contributed by atoms with van der Waals surface area (Å²) in [5.41, 5.74) is 1.49. The number of nitrogens with zero attached hydrogens (tertiary/aromatic N) is 2. The molecule has 1 N–H and O–H groups in total. The van der Waals surface area contributed by atoms with Crippen LogP contribution >= 0.6 is 0 Å². The summed E-state index contributed by atoms with van der Waals surface area (Å²) >= 11 is 0. The van der Waals surface area contributed by atoms with E-state index in [2.05, 4.69) is 5.32 Å². The van der Waals surface area contributed by atoms with Crippen LogP contribution in [0.5, 0.6) is 5.75 Å². The van der Waals surface area contributed by atoms with Crippen molar-refractivity contribution < 1.29 is 31.7 Å². The lowest BCUT2D eigenvalue weighted by atomic mass is 10.0. The van der Waals surface area contributed by atoms with Gasteiger partial charge in [-0.3, -0.25) is 9.59 Å². The van der Waals surface area contributed by atoms with Gasteiger partial charge in [0.05, 0.1) is 0 Å². The van der Waals surface area contributed by atoms with Crippen molar-refractivity contribution in [2.24, 2.45) is 0 Å². The SMILES string of the molecule is CCC(=O)N1CCN(C(=O)[C@H](Cc2ccc(OS(=O)(=O)c3ccccc3)cc2)NC(=O)OCc2ccccc2)CC1. The number of rotatable bonds is 10. The van der Waals surface area contributed by atoms with Gasteiger partial charge in [0, 0.05) is 39.0 Å². The minimum absolute atomic E-state index is 0.0350. The first-order chi connectivity index (χ1) is 19.7. The maximum absolute atomic E-state index is 13.5. The van der Waals surface area contributed by atoms with Crippen LogP contribution < -0.4 is 9.50 Å². The summed E-state index contributed by atoms with van der Waals surface area (Å²) in [6.45, 7) is 3.40. The molecule has 10 nitrogen and oxygen atoms in total. The average Bonchev–Trinajstić information content (AvgIpc) is 3.01. The fourth-order valence-electron chi connectivity index (χ4n) is 4.41. The van der Waals surface area contributed by atoms with Crippen LogP contribution in [-0.2, 0) is 37.5 Å². The van der Waals surface area contributed by atoms with Crippen molar-refractivity contribution in [2.45, 2.75) is 37.3 Å². The molecule has 1 atom stereocenters. The van der Waals surface area contributed by atoms with Crippen molar-refractivity contribution in [3.8, 4) is 5.75 Å². The zero-order chi connectivity index (χ0) is 29.2. The number of carbonyl (C=O) groups is 3. The van der Waals surface area contributed by atoms with E-state index < -0.39 is 22.3 Å². The number of ether oxygens (including phenoxy) is 1. The minimum atomic E-state index is -4.00. The molecule has 0 spiro atoms. The second-order valence-electron chi connectivity index (χ2n) is 9.52. The van der Waals surface area contributed by atoms with Gasteiger partial charge in [0.2, 0.25) is 11.8 Å². The first-order valence-electron chi connectivity index (χ1n) is 13.4. The predicted molar refractivity (Wildman–Crippen MR) is 151 cm³/mol. The third kappa shape index (κ3) is 8.31. The molecule has 0 bridgehead atoms. The van der Waals surface area contributed by atoms with E-state index in [9.17, 15) is 22.8 Å². The van der Waals surface area contributed by atoms with Crippen LogP contribution in [0.1, 0.15) is 24.5 Å². The molecule has 3 aromatic carbocycles. The molecule has 0 aromatic heterocycles. The predicted octanol–water partition coefficient (Wildman–Crippen LogP) is 3.37. The Balaban J connectivity index is 1.43. The molecular weight excluding hydrogens is 546 g/mol. The Bertz CT molecular complexity index is 1420. The molecule has 216 valence electrons. The maximum Gasteiger partial charge on any atom is 0.408 e. The Hall–Kier alpha value is -4.38. The fraction of sp³-hybridized carbons (Fsp3) is 0.300. The third-order valence-electron chi connectivity index (χ3n) is 6.65. The summed E-state index contributed by atoms with van der Waals surface area (Å²) in [5, 5.41) is 2.69. The number of alkyl carbamates (subject to hydrolysis) is 1. The van der Waals surface area contributed by atoms with Crippen LogP contribution in [0.3, 0.4) is 0 Å². The summed E-state index contributed by atoms with van der Waals surface area (Å²) < 4.78 is 35.7. The first kappa shape index (κ1) is 29.6. The van der Waals surface area contributed by atoms with E-state index in [1.807, 2.05) is 30.3 Å². The molecule has 1 aliphatic rings. The van der Waals surface area contributed by atoms with E-state index in [0.717, 1.165) is 5.56 Å². The fourth-order valence-corrected chi connectivity index (χ4v) is 5.36. The monoisotopic (exact) mass is 579 g/mol. The molecule has 0 aliphatic carbocycles. The van der Waals surface area contributed by atoms with Crippen LogP contribution in [0.15, 0.2) is 89.8 Å². The van der Waals surface area contributed by atoms with Crippen molar-refractivity contribution >= 4 is 28.0 Å². The molecule has 0 saturated carbocycles. The van der Waals surface area contributed by atoms with E-state index >= 15 is 0 Å². The number of carbonyl (C=O) groups excluding carboxylic acids is 3. The van der Waals surface area contributed by atoms with Gasteiger partial charge in [-0.15, -0.1) is 0 Å². The average molecular weight is 580 g/mol. The van der Waals surface area contributed by atoms with Crippen LogP contribution in [0, 0.1) is 0 Å². The van der Waals surface area contributed by atoms with Crippen molar-refractivity contribution in [2.75, 3.05) is 26.2 Å². The molecule has 11 heteroatoms. The summed E-state index contributed by atoms with van der Waals surface area (Å²) in [7, 11) is -4.00. The lowest BCUT2D eigenvalue weighted by Crippen LogP contribution is -2.56. The van der Waals surface area contributed by atoms with Gasteiger partial charge in [-0.05, 0) is 35.4 Å². The van der Waals surface area contributed by atoms with Crippen molar-refractivity contribution in [1.29, 1.82) is 0 Å². The van der Waals surface area contributed by atoms with Gasteiger partial charge in [0.15, 0.2) is 0 Å². The second kappa shape index (κ2) is 13.8. The molecule has 3 amide bonds. The Kier molecular flexibility index (Phi) is 9.96. The van der Waals surface area contributed by atoms with Crippen molar-refractivity contribution in [3.05, 3.63) is 96.1 Å². The molecule has 0 unspecified atom stereocenters. The first-order valence-corrected chi connectivity index (χ1v) is 14.8. The zero-order valence-electron chi connectivity index (χ0n) is 22.8. The molecule has 1 heterocycles. The Morgan fingerprint density at radius 3 is 2.00 bits per heavy atom. The highest BCUT2D eigenvalue weighted by Gasteiger charge is 2.30. The minimum Gasteiger partial charge on any atom is -0.445 e. The highest BCUT2D eigenvalue weighted by atomic mass is 32.2. The molecule has 1 fully saturated rings. The molecule has 4 rings (SSSR count). The number of amides is 3. The summed E-state index contributed by atoms with van der Waals surface area (Å²) in [6.07, 6.45) is -0.197. The van der Waals surface area contributed by atoms with Gasteiger partial charge in [-0.25, -0.2) is 4.79 Å². The van der Waals surface area contributed by atoms with Crippen LogP contribution in [0.2, 0.25) is 0 Å². The van der Waals surface area contributed by atoms with Gasteiger partial charge in [-0.1, -0.05) is 67.6 Å². The third-order valence-corrected chi connectivity index (χ3v) is 7.91. The van der Waals surface area contributed by atoms with E-state index in [1.54, 1.807) is 47.1 Å². The number of piperazine rings is 1. The van der Waals surface area contributed by atoms with Crippen molar-refractivity contribution in [1.82, 2.24) is 15.1 Å². The number of benzene rings is 3. The number of nitrogens with one attached hydrogen (secondary N) is 1. The van der Waals surface area contributed by atoms with E-state index in [1.165, 1.54) is 24.3 Å². The molecular formula is C30H33N3O7S. The second-order valence-corrected chi connectivity index (χ2v) is 11.1. The standard InChI is InChI=1S/C30H33N3O7S/c1-2-28(34)32-17-19-33(20-18-32)29(35)27(31-30(36)39-22-24-9-5-3-6-10-24)21-23-13-15-25(16-14-23)40-41(37,38)26-11-7-4-8-12-26/h3-16,27H,2,17-22H2,1H3,(H,31,36)/t27-/m0/s1.